The predicted octanol–water partition coefficient (Wildman–Crippen LogP) is 2.57. The smallest absolute Gasteiger partial charge is 0.260 e. The first-order valence-electron chi connectivity index (χ1n) is 14.0. The van der Waals surface area contributed by atoms with E-state index in [1.54, 1.807) is 23.1 Å². The van der Waals surface area contributed by atoms with E-state index in [-0.39, 0.29) is 30.5 Å². The van der Waals surface area contributed by atoms with Gasteiger partial charge in [-0.2, -0.15) is 9.61 Å². The van der Waals surface area contributed by atoms with Crippen molar-refractivity contribution in [3.05, 3.63) is 46.6 Å². The van der Waals surface area contributed by atoms with E-state index in [1.807, 2.05) is 35.5 Å². The zero-order chi connectivity index (χ0) is 28.0. The predicted molar refractivity (Wildman–Crippen MR) is 153 cm³/mol. The van der Waals surface area contributed by atoms with E-state index < -0.39 is 0 Å². The van der Waals surface area contributed by atoms with Crippen LogP contribution < -0.4 is 20.3 Å². The molecule has 6 rings (SSSR count). The summed E-state index contributed by atoms with van der Waals surface area (Å²) in [6, 6.07) is 8.90. The fourth-order valence-electron chi connectivity index (χ4n) is 5.77. The van der Waals surface area contributed by atoms with Gasteiger partial charge in [-0.3, -0.25) is 9.59 Å². The van der Waals surface area contributed by atoms with Gasteiger partial charge in [-0.05, 0) is 44.4 Å². The summed E-state index contributed by atoms with van der Waals surface area (Å²) >= 11 is 6.33. The fraction of sp³-hybridized carbons (Fsp3) is 0.500. The van der Waals surface area contributed by atoms with Gasteiger partial charge >= 0.3 is 0 Å². The lowest BCUT2D eigenvalue weighted by molar-refractivity contribution is -0.133. The molecule has 3 aromatic rings. The van der Waals surface area contributed by atoms with Crippen LogP contribution in [-0.4, -0.2) is 95.2 Å². The van der Waals surface area contributed by atoms with E-state index in [1.165, 1.54) is 0 Å². The van der Waals surface area contributed by atoms with E-state index in [0.29, 0.717) is 48.2 Å². The first-order chi connectivity index (χ1) is 19.3. The second-order valence-corrected chi connectivity index (χ2v) is 11.2. The van der Waals surface area contributed by atoms with Crippen molar-refractivity contribution in [2.45, 2.75) is 38.3 Å². The number of ether oxygens (including phenoxy) is 1. The number of nitrogens with two attached hydrogens (primary N) is 1. The van der Waals surface area contributed by atoms with Gasteiger partial charge in [0.1, 0.15) is 17.4 Å². The molecule has 0 spiro atoms. The Labute approximate surface area is 238 Å². The van der Waals surface area contributed by atoms with Gasteiger partial charge in [-0.25, -0.2) is 4.98 Å². The van der Waals surface area contributed by atoms with Crippen molar-refractivity contribution < 1.29 is 14.3 Å². The van der Waals surface area contributed by atoms with Crippen LogP contribution in [0.15, 0.2) is 30.3 Å². The number of likely N-dealkylation sites (N-methyl/N-ethyl adjacent to an activating group) is 2. The van der Waals surface area contributed by atoms with Crippen molar-refractivity contribution in [1.29, 1.82) is 0 Å². The quantitative estimate of drug-likeness (QED) is 0.504. The standard InChI is InChI=1S/C28H35ClN8O3/c1-3-34-11-10-33(2)26-14-24(35-15-19(30)16-35)31-25-13-21(32-37(25)26)22-6-4-5-9-36(22)28(39)20-12-18(29)7-8-23(20)40-17-27(34)38/h7-8,12-14,19,22H,3-6,9-11,15-17,30H2,1-2H3/t22-/m0/s1. The molecule has 2 N–H and O–H groups in total. The molecule has 0 radical (unpaired) electrons. The number of aromatic nitrogens is 3. The first-order valence-corrected chi connectivity index (χ1v) is 14.3. The minimum atomic E-state index is -0.223. The molecule has 212 valence electrons. The molecule has 0 unspecified atom stereocenters. The summed E-state index contributed by atoms with van der Waals surface area (Å²) < 4.78 is 7.81. The number of nitrogens with zero attached hydrogens (tertiary/aromatic N) is 7. The van der Waals surface area contributed by atoms with Crippen LogP contribution in [0.5, 0.6) is 5.75 Å². The number of benzene rings is 1. The lowest BCUT2D eigenvalue weighted by atomic mass is 9.98. The van der Waals surface area contributed by atoms with Crippen molar-refractivity contribution in [1.82, 2.24) is 24.4 Å². The Kier molecular flexibility index (Phi) is 7.18. The number of amides is 2. The zero-order valence-corrected chi connectivity index (χ0v) is 23.7. The largest absolute Gasteiger partial charge is 0.483 e. The van der Waals surface area contributed by atoms with Gasteiger partial charge in [0.2, 0.25) is 0 Å². The minimum Gasteiger partial charge on any atom is -0.483 e. The second-order valence-electron chi connectivity index (χ2n) is 10.8. The summed E-state index contributed by atoms with van der Waals surface area (Å²) in [7, 11) is 2.00. The number of hydrogen-bond acceptors (Lipinski definition) is 8. The molecule has 3 aliphatic heterocycles. The van der Waals surface area contributed by atoms with Crippen LogP contribution in [0.4, 0.5) is 11.6 Å². The number of rotatable bonds is 2. The van der Waals surface area contributed by atoms with Gasteiger partial charge in [0, 0.05) is 69.5 Å². The number of carbonyl (C=O) groups excluding carboxylic acids is 2. The van der Waals surface area contributed by atoms with Crippen molar-refractivity contribution in [2.24, 2.45) is 5.73 Å². The molecule has 11 nitrogen and oxygen atoms in total. The van der Waals surface area contributed by atoms with Gasteiger partial charge in [0.15, 0.2) is 12.3 Å². The number of anilines is 2. The van der Waals surface area contributed by atoms with E-state index in [2.05, 4.69) is 9.80 Å². The average Bonchev–Trinajstić information content (AvgIpc) is 3.37. The molecule has 5 heterocycles. The summed E-state index contributed by atoms with van der Waals surface area (Å²) in [5.74, 6) is 1.72. The SMILES string of the molecule is CCN1CCN(C)c2cc(N3CC(N)C3)nc3cc(nn23)[C@@H]2CCCCN2C(=O)c2cc(Cl)ccc2OCC1=O. The van der Waals surface area contributed by atoms with Crippen LogP contribution >= 0.6 is 11.6 Å². The molecule has 0 saturated carbocycles. The van der Waals surface area contributed by atoms with Gasteiger partial charge in [-0.1, -0.05) is 11.6 Å². The van der Waals surface area contributed by atoms with Gasteiger partial charge < -0.3 is 30.1 Å². The van der Waals surface area contributed by atoms with Gasteiger partial charge in [0.25, 0.3) is 11.8 Å². The highest BCUT2D eigenvalue weighted by molar-refractivity contribution is 6.31. The number of halogens is 1. The summed E-state index contributed by atoms with van der Waals surface area (Å²) in [4.78, 5) is 40.0. The molecule has 2 saturated heterocycles. The molecule has 2 aromatic heterocycles. The van der Waals surface area contributed by atoms with E-state index in [4.69, 9.17) is 32.2 Å². The molecule has 2 bridgehead atoms. The summed E-state index contributed by atoms with van der Waals surface area (Å²) in [5.41, 5.74) is 7.93. The zero-order valence-electron chi connectivity index (χ0n) is 22.9. The normalized spacial score (nSPS) is 20.9. The first kappa shape index (κ1) is 26.6. The number of piperidine rings is 1. The van der Waals surface area contributed by atoms with Crippen LogP contribution in [0.25, 0.3) is 5.65 Å². The summed E-state index contributed by atoms with van der Waals surface area (Å²) in [5, 5.41) is 5.45. The third kappa shape index (κ3) is 4.92. The van der Waals surface area contributed by atoms with Crippen LogP contribution in [-0.2, 0) is 4.79 Å². The Morgan fingerprint density at radius 3 is 2.70 bits per heavy atom. The second kappa shape index (κ2) is 10.8. The molecule has 12 heteroatoms. The number of fused-ring (bicyclic) bond motifs is 4. The van der Waals surface area contributed by atoms with Crippen LogP contribution in [0.3, 0.4) is 0 Å². The molecule has 2 fully saturated rings. The Balaban J connectivity index is 1.47. The van der Waals surface area contributed by atoms with Crippen molar-refractivity contribution in [2.75, 3.05) is 62.7 Å². The summed E-state index contributed by atoms with van der Waals surface area (Å²) in [6.45, 7) is 5.49. The molecule has 3 aliphatic rings. The third-order valence-electron chi connectivity index (χ3n) is 8.11. The number of hydrogen-bond donors (Lipinski definition) is 1. The minimum absolute atomic E-state index is 0.138. The Morgan fingerprint density at radius 2 is 1.93 bits per heavy atom. The van der Waals surface area contributed by atoms with Gasteiger partial charge in [-0.15, -0.1) is 0 Å². The van der Waals surface area contributed by atoms with Crippen molar-refractivity contribution in [3.8, 4) is 5.75 Å². The number of carbonyl (C=O) groups is 2. The molecule has 1 aromatic carbocycles. The van der Waals surface area contributed by atoms with E-state index in [9.17, 15) is 9.59 Å². The van der Waals surface area contributed by atoms with Crippen molar-refractivity contribution >= 4 is 40.7 Å². The molecular formula is C28H35ClN8O3. The Bertz CT molecular complexity index is 1440. The third-order valence-corrected chi connectivity index (χ3v) is 8.34. The maximum absolute atomic E-state index is 14.0. The molecule has 1 atom stereocenters. The molecule has 40 heavy (non-hydrogen) atoms. The maximum atomic E-state index is 14.0. The maximum Gasteiger partial charge on any atom is 0.260 e. The topological polar surface area (TPSA) is 113 Å². The van der Waals surface area contributed by atoms with E-state index in [0.717, 1.165) is 49.7 Å². The highest BCUT2D eigenvalue weighted by Gasteiger charge is 2.33. The van der Waals surface area contributed by atoms with Gasteiger partial charge in [0.05, 0.1) is 17.3 Å². The summed E-state index contributed by atoms with van der Waals surface area (Å²) in [6.07, 6.45) is 2.66. The average molecular weight is 567 g/mol. The lowest BCUT2D eigenvalue weighted by Crippen LogP contribution is -2.56. The Morgan fingerprint density at radius 1 is 1.10 bits per heavy atom. The monoisotopic (exact) mass is 566 g/mol. The lowest BCUT2D eigenvalue weighted by Gasteiger charge is -2.38. The van der Waals surface area contributed by atoms with Crippen molar-refractivity contribution in [3.63, 3.8) is 0 Å². The molecular weight excluding hydrogens is 532 g/mol. The van der Waals surface area contributed by atoms with Crippen LogP contribution in [0.2, 0.25) is 5.02 Å². The van der Waals surface area contributed by atoms with Crippen LogP contribution in [0.1, 0.15) is 48.3 Å². The van der Waals surface area contributed by atoms with E-state index >= 15 is 0 Å². The van der Waals surface area contributed by atoms with Crippen LogP contribution in [0, 0.1) is 0 Å². The molecule has 0 aliphatic carbocycles. The highest BCUT2D eigenvalue weighted by Crippen LogP contribution is 2.35. The highest BCUT2D eigenvalue weighted by atomic mass is 35.5. The Hall–Kier alpha value is -3.57. The molecule has 2 amide bonds. The fourth-order valence-corrected chi connectivity index (χ4v) is 5.94.